The molecule has 0 fully saturated rings. The molecule has 0 saturated heterocycles. The Hall–Kier alpha value is -3.41. The minimum atomic E-state index is -4.65. The van der Waals surface area contributed by atoms with Gasteiger partial charge in [-0.15, -0.1) is 0 Å². The third-order valence-corrected chi connectivity index (χ3v) is 3.81. The summed E-state index contributed by atoms with van der Waals surface area (Å²) in [6.07, 6.45) is -4.65. The molecule has 0 unspecified atom stereocenters. The number of pyridine rings is 1. The van der Waals surface area contributed by atoms with E-state index in [2.05, 4.69) is 20.2 Å². The lowest BCUT2D eigenvalue weighted by atomic mass is 10.2. The van der Waals surface area contributed by atoms with E-state index in [9.17, 15) is 13.2 Å². The van der Waals surface area contributed by atoms with Crippen LogP contribution in [0.1, 0.15) is 17.2 Å². The monoisotopic (exact) mass is 342 g/mol. The van der Waals surface area contributed by atoms with Crippen molar-refractivity contribution in [1.82, 2.24) is 24.7 Å². The van der Waals surface area contributed by atoms with Crippen LogP contribution >= 0.6 is 0 Å². The van der Waals surface area contributed by atoms with E-state index in [1.54, 1.807) is 19.1 Å². The maximum atomic E-state index is 13.5. The van der Waals surface area contributed by atoms with Gasteiger partial charge in [0.1, 0.15) is 11.6 Å². The van der Waals surface area contributed by atoms with Crippen molar-refractivity contribution in [2.24, 2.45) is 0 Å². The summed E-state index contributed by atoms with van der Waals surface area (Å²) >= 11 is 0. The average Bonchev–Trinajstić information content (AvgIpc) is 3.14. The Kier molecular flexibility index (Phi) is 3.05. The van der Waals surface area contributed by atoms with Gasteiger partial charge in [0.25, 0.3) is 0 Å². The largest absolute Gasteiger partial charge is 0.450 e. The Balaban J connectivity index is 2.09. The van der Waals surface area contributed by atoms with Gasteiger partial charge in [0.05, 0.1) is 11.2 Å². The van der Waals surface area contributed by atoms with Crippen LogP contribution in [-0.2, 0) is 6.18 Å². The van der Waals surface area contributed by atoms with Crippen molar-refractivity contribution in [3.8, 4) is 11.8 Å². The minimum absolute atomic E-state index is 0.105. The smallest absolute Gasteiger partial charge is 0.276 e. The number of nitrogens with zero attached hydrogens (tertiary/aromatic N) is 5. The maximum absolute atomic E-state index is 13.5. The molecule has 25 heavy (non-hydrogen) atoms. The fourth-order valence-corrected chi connectivity index (χ4v) is 2.71. The summed E-state index contributed by atoms with van der Waals surface area (Å²) in [5.41, 5.74) is 1.70. The number of aromatic nitrogens is 5. The molecule has 1 N–H and O–H groups in total. The topological polar surface area (TPSA) is 83.2 Å². The second-order valence-electron chi connectivity index (χ2n) is 5.48. The Morgan fingerprint density at radius 1 is 1.16 bits per heavy atom. The number of rotatable bonds is 1. The molecule has 0 saturated carbocycles. The van der Waals surface area contributed by atoms with Gasteiger partial charge in [-0.05, 0) is 37.3 Å². The van der Waals surface area contributed by atoms with Crippen molar-refractivity contribution in [2.75, 3.05) is 0 Å². The molecular weight excluding hydrogens is 333 g/mol. The van der Waals surface area contributed by atoms with Gasteiger partial charge in [0.2, 0.25) is 5.82 Å². The summed E-state index contributed by atoms with van der Waals surface area (Å²) < 4.78 is 41.4. The first-order valence-electron chi connectivity index (χ1n) is 7.20. The number of imidazole rings is 1. The predicted octanol–water partition coefficient (Wildman–Crippen LogP) is 3.50. The van der Waals surface area contributed by atoms with Gasteiger partial charge >= 0.3 is 6.18 Å². The highest BCUT2D eigenvalue weighted by Gasteiger charge is 2.38. The van der Waals surface area contributed by atoms with Crippen molar-refractivity contribution in [1.29, 1.82) is 5.26 Å². The van der Waals surface area contributed by atoms with Gasteiger partial charge in [0, 0.05) is 11.1 Å². The van der Waals surface area contributed by atoms with Gasteiger partial charge in [-0.1, -0.05) is 0 Å². The first-order chi connectivity index (χ1) is 11.9. The van der Waals surface area contributed by atoms with E-state index in [0.29, 0.717) is 16.6 Å². The van der Waals surface area contributed by atoms with E-state index < -0.39 is 12.0 Å². The third kappa shape index (κ3) is 2.30. The molecular formula is C16H9F3N6. The van der Waals surface area contributed by atoms with Crippen molar-refractivity contribution in [3.05, 3.63) is 47.5 Å². The standard InChI is InChI=1S/C16H9F3N6/c1-8-2-4-12-14(21-8)25(15(22-12)16(17,18)19)9-3-5-11-10(6-9)13(7-20)24-23-11/h2-6H,1H3,(H,23,24). The van der Waals surface area contributed by atoms with E-state index in [1.807, 2.05) is 6.07 Å². The number of alkyl halides is 3. The molecule has 0 aliphatic rings. The van der Waals surface area contributed by atoms with E-state index >= 15 is 0 Å². The summed E-state index contributed by atoms with van der Waals surface area (Å²) in [6, 6.07) is 9.55. The molecule has 0 bridgehead atoms. The molecule has 124 valence electrons. The predicted molar refractivity (Wildman–Crippen MR) is 83.0 cm³/mol. The van der Waals surface area contributed by atoms with Crippen LogP contribution in [0.3, 0.4) is 0 Å². The first-order valence-corrected chi connectivity index (χ1v) is 7.20. The van der Waals surface area contributed by atoms with E-state index in [-0.39, 0.29) is 22.5 Å². The molecule has 4 rings (SSSR count). The van der Waals surface area contributed by atoms with Crippen molar-refractivity contribution in [2.45, 2.75) is 13.1 Å². The number of halogens is 3. The zero-order valence-corrected chi connectivity index (χ0v) is 12.8. The molecule has 0 aliphatic heterocycles. The van der Waals surface area contributed by atoms with Crippen LogP contribution in [0.25, 0.3) is 27.8 Å². The maximum Gasteiger partial charge on any atom is 0.450 e. The number of hydrogen-bond acceptors (Lipinski definition) is 4. The summed E-state index contributed by atoms with van der Waals surface area (Å²) in [5.74, 6) is -1.07. The van der Waals surface area contributed by atoms with Gasteiger partial charge < -0.3 is 0 Å². The third-order valence-electron chi connectivity index (χ3n) is 3.81. The molecule has 4 aromatic rings. The zero-order valence-electron chi connectivity index (χ0n) is 12.8. The first kappa shape index (κ1) is 15.1. The lowest BCUT2D eigenvalue weighted by Gasteiger charge is -2.11. The fraction of sp³-hybridized carbons (Fsp3) is 0.125. The van der Waals surface area contributed by atoms with E-state index in [0.717, 1.165) is 4.57 Å². The molecule has 0 spiro atoms. The highest BCUT2D eigenvalue weighted by atomic mass is 19.4. The second-order valence-corrected chi connectivity index (χ2v) is 5.48. The highest BCUT2D eigenvalue weighted by molar-refractivity contribution is 5.86. The Bertz CT molecular complexity index is 1160. The summed E-state index contributed by atoms with van der Waals surface area (Å²) in [4.78, 5) is 7.91. The van der Waals surface area contributed by atoms with Crippen LogP contribution in [0.2, 0.25) is 0 Å². The Morgan fingerprint density at radius 2 is 1.96 bits per heavy atom. The average molecular weight is 342 g/mol. The lowest BCUT2D eigenvalue weighted by molar-refractivity contribution is -0.145. The van der Waals surface area contributed by atoms with Crippen LogP contribution in [0.4, 0.5) is 13.2 Å². The molecule has 6 nitrogen and oxygen atoms in total. The second kappa shape index (κ2) is 5.04. The summed E-state index contributed by atoms with van der Waals surface area (Å²) in [5, 5.41) is 16.0. The van der Waals surface area contributed by atoms with E-state index in [1.165, 1.54) is 18.2 Å². The summed E-state index contributed by atoms with van der Waals surface area (Å²) in [6.45, 7) is 1.69. The van der Waals surface area contributed by atoms with Gasteiger partial charge in [-0.25, -0.2) is 9.97 Å². The number of nitrogens with one attached hydrogen (secondary N) is 1. The highest BCUT2D eigenvalue weighted by Crippen LogP contribution is 2.34. The van der Waals surface area contributed by atoms with Crippen LogP contribution in [0.5, 0.6) is 0 Å². The number of hydrogen-bond donors (Lipinski definition) is 1. The van der Waals surface area contributed by atoms with Crippen LogP contribution in [0, 0.1) is 18.3 Å². The van der Waals surface area contributed by atoms with Crippen molar-refractivity contribution in [3.63, 3.8) is 0 Å². The summed E-state index contributed by atoms with van der Waals surface area (Å²) in [7, 11) is 0. The molecule has 1 aromatic carbocycles. The van der Waals surface area contributed by atoms with Crippen LogP contribution in [-0.4, -0.2) is 24.7 Å². The fourth-order valence-electron chi connectivity index (χ4n) is 2.71. The molecule has 9 heteroatoms. The number of H-pyrrole nitrogens is 1. The molecule has 3 aromatic heterocycles. The molecule has 0 radical (unpaired) electrons. The lowest BCUT2D eigenvalue weighted by Crippen LogP contribution is -2.14. The van der Waals surface area contributed by atoms with Gasteiger partial charge in [0.15, 0.2) is 11.3 Å². The quantitative estimate of drug-likeness (QED) is 0.574. The Labute approximate surface area is 138 Å². The van der Waals surface area contributed by atoms with Crippen LogP contribution < -0.4 is 0 Å². The Morgan fingerprint density at radius 3 is 2.68 bits per heavy atom. The molecule has 0 aliphatic carbocycles. The normalized spacial score (nSPS) is 12.0. The van der Waals surface area contributed by atoms with Crippen LogP contribution in [0.15, 0.2) is 30.3 Å². The number of nitriles is 1. The molecule has 0 amide bonds. The van der Waals surface area contributed by atoms with Crippen molar-refractivity contribution >= 4 is 22.1 Å². The number of fused-ring (bicyclic) bond motifs is 2. The molecule has 3 heterocycles. The van der Waals surface area contributed by atoms with Gasteiger partial charge in [-0.3, -0.25) is 9.67 Å². The molecule has 0 atom stereocenters. The number of aromatic amines is 1. The number of aryl methyl sites for hydroxylation is 1. The van der Waals surface area contributed by atoms with Crippen molar-refractivity contribution < 1.29 is 13.2 Å². The van der Waals surface area contributed by atoms with E-state index in [4.69, 9.17) is 5.26 Å². The zero-order chi connectivity index (χ0) is 17.8. The minimum Gasteiger partial charge on any atom is -0.276 e. The SMILES string of the molecule is Cc1ccc2nc(C(F)(F)F)n(-c3ccc4[nH]nc(C#N)c4c3)c2n1. The van der Waals surface area contributed by atoms with Gasteiger partial charge in [-0.2, -0.15) is 23.5 Å². The number of benzene rings is 1.